The number of para-hydroxylation sites is 1. The van der Waals surface area contributed by atoms with Gasteiger partial charge in [-0.1, -0.05) is 31.2 Å². The van der Waals surface area contributed by atoms with E-state index in [0.717, 1.165) is 44.2 Å². The number of morpholine rings is 1. The van der Waals surface area contributed by atoms with Crippen LogP contribution >= 0.6 is 11.3 Å². The van der Waals surface area contributed by atoms with Gasteiger partial charge in [-0.05, 0) is 17.5 Å². The molecular weight excluding hydrogens is 280 g/mol. The van der Waals surface area contributed by atoms with Crippen molar-refractivity contribution in [3.8, 4) is 10.4 Å². The van der Waals surface area contributed by atoms with Crippen molar-refractivity contribution in [2.24, 2.45) is 4.99 Å². The molecule has 3 nitrogen and oxygen atoms in total. The topological polar surface area (TPSA) is 24.8 Å². The monoisotopic (exact) mass is 300 g/mol. The van der Waals surface area contributed by atoms with E-state index in [0.29, 0.717) is 0 Å². The molecule has 0 saturated carbocycles. The second-order valence-electron chi connectivity index (χ2n) is 4.98. The fourth-order valence-electron chi connectivity index (χ4n) is 2.55. The van der Waals surface area contributed by atoms with Crippen LogP contribution < -0.4 is 0 Å². The Morgan fingerprint density at radius 1 is 1.19 bits per heavy atom. The van der Waals surface area contributed by atoms with Crippen molar-refractivity contribution in [1.29, 1.82) is 0 Å². The van der Waals surface area contributed by atoms with Crippen molar-refractivity contribution in [3.63, 3.8) is 0 Å². The summed E-state index contributed by atoms with van der Waals surface area (Å²) in [5.41, 5.74) is 2.27. The third kappa shape index (κ3) is 3.34. The molecular formula is C17H20N2OS. The molecule has 0 unspecified atom stereocenters. The molecule has 0 amide bonds. The lowest BCUT2D eigenvalue weighted by Gasteiger charge is -2.29. The molecule has 0 spiro atoms. The first kappa shape index (κ1) is 14.3. The second kappa shape index (κ2) is 6.87. The van der Waals surface area contributed by atoms with Crippen molar-refractivity contribution in [1.82, 2.24) is 4.90 Å². The largest absolute Gasteiger partial charge is 0.378 e. The smallest absolute Gasteiger partial charge is 0.105 e. The van der Waals surface area contributed by atoms with Gasteiger partial charge in [0.2, 0.25) is 0 Å². The highest BCUT2D eigenvalue weighted by molar-refractivity contribution is 7.13. The van der Waals surface area contributed by atoms with Gasteiger partial charge in [0.05, 0.1) is 18.9 Å². The first-order valence-corrected chi connectivity index (χ1v) is 8.29. The van der Waals surface area contributed by atoms with Gasteiger partial charge < -0.3 is 9.64 Å². The van der Waals surface area contributed by atoms with Gasteiger partial charge in [-0.2, -0.15) is 0 Å². The zero-order valence-electron chi connectivity index (χ0n) is 12.3. The predicted octanol–water partition coefficient (Wildman–Crippen LogP) is 4.19. The predicted molar refractivity (Wildman–Crippen MR) is 89.5 cm³/mol. The van der Waals surface area contributed by atoms with Crippen molar-refractivity contribution in [2.75, 3.05) is 26.3 Å². The lowest BCUT2D eigenvalue weighted by Crippen LogP contribution is -2.40. The number of aliphatic imine (C=N–C) groups is 1. The van der Waals surface area contributed by atoms with E-state index in [1.165, 1.54) is 10.4 Å². The van der Waals surface area contributed by atoms with Crippen molar-refractivity contribution < 1.29 is 4.74 Å². The van der Waals surface area contributed by atoms with Crippen LogP contribution in [0.1, 0.15) is 13.3 Å². The number of ether oxygens (including phenoxy) is 1. The highest BCUT2D eigenvalue weighted by Gasteiger charge is 2.14. The van der Waals surface area contributed by atoms with Gasteiger partial charge in [-0.3, -0.25) is 0 Å². The number of benzene rings is 1. The van der Waals surface area contributed by atoms with Gasteiger partial charge in [0.25, 0.3) is 0 Å². The third-order valence-electron chi connectivity index (χ3n) is 3.63. The van der Waals surface area contributed by atoms with Crippen LogP contribution in [-0.4, -0.2) is 37.0 Å². The van der Waals surface area contributed by atoms with Crippen LogP contribution in [0.25, 0.3) is 10.4 Å². The standard InChI is InChI=1S/C17H20N2OS/c1-2-17(19-9-11-20-12-10-19)18-15-7-4-3-6-14(15)16-8-5-13-21-16/h3-8,13H,2,9-12H2,1H3. The van der Waals surface area contributed by atoms with Gasteiger partial charge >= 0.3 is 0 Å². The fraction of sp³-hybridized carbons (Fsp3) is 0.353. The first-order valence-electron chi connectivity index (χ1n) is 7.41. The molecule has 0 N–H and O–H groups in total. The van der Waals surface area contributed by atoms with E-state index in [4.69, 9.17) is 9.73 Å². The SMILES string of the molecule is CCC(=Nc1ccccc1-c1cccs1)N1CCOCC1. The van der Waals surface area contributed by atoms with E-state index in [1.54, 1.807) is 11.3 Å². The maximum absolute atomic E-state index is 5.43. The molecule has 0 aliphatic carbocycles. The maximum atomic E-state index is 5.43. The molecule has 110 valence electrons. The lowest BCUT2D eigenvalue weighted by atomic mass is 10.1. The lowest BCUT2D eigenvalue weighted by molar-refractivity contribution is 0.0673. The molecule has 0 radical (unpaired) electrons. The summed E-state index contributed by atoms with van der Waals surface area (Å²) in [5, 5.41) is 2.11. The van der Waals surface area contributed by atoms with E-state index in [2.05, 4.69) is 53.6 Å². The number of hydrogen-bond donors (Lipinski definition) is 0. The second-order valence-corrected chi connectivity index (χ2v) is 5.92. The summed E-state index contributed by atoms with van der Waals surface area (Å²) >= 11 is 1.76. The van der Waals surface area contributed by atoms with Gasteiger partial charge in [-0.25, -0.2) is 4.99 Å². The zero-order chi connectivity index (χ0) is 14.5. The Bertz CT molecular complexity index is 601. The van der Waals surface area contributed by atoms with Crippen LogP contribution in [0, 0.1) is 0 Å². The summed E-state index contributed by atoms with van der Waals surface area (Å²) in [5.74, 6) is 1.15. The zero-order valence-corrected chi connectivity index (χ0v) is 13.1. The van der Waals surface area contributed by atoms with Crippen LogP contribution in [0.15, 0.2) is 46.8 Å². The summed E-state index contributed by atoms with van der Waals surface area (Å²) in [6.07, 6.45) is 0.943. The minimum absolute atomic E-state index is 0.797. The minimum Gasteiger partial charge on any atom is -0.378 e. The summed E-state index contributed by atoms with van der Waals surface area (Å²) in [6.45, 7) is 5.64. The van der Waals surface area contributed by atoms with E-state index < -0.39 is 0 Å². The average Bonchev–Trinajstić information content (AvgIpc) is 3.08. The molecule has 1 aliphatic rings. The molecule has 1 aromatic heterocycles. The van der Waals surface area contributed by atoms with Crippen LogP contribution in [-0.2, 0) is 4.74 Å². The maximum Gasteiger partial charge on any atom is 0.105 e. The van der Waals surface area contributed by atoms with E-state index in [1.807, 2.05) is 0 Å². The van der Waals surface area contributed by atoms with Gasteiger partial charge in [0.15, 0.2) is 0 Å². The van der Waals surface area contributed by atoms with Crippen LogP contribution in [0.4, 0.5) is 5.69 Å². The Hall–Kier alpha value is -1.65. The highest BCUT2D eigenvalue weighted by Crippen LogP contribution is 2.33. The molecule has 1 fully saturated rings. The number of amidine groups is 1. The van der Waals surface area contributed by atoms with Gasteiger partial charge in [0, 0.05) is 30.0 Å². The van der Waals surface area contributed by atoms with E-state index >= 15 is 0 Å². The average molecular weight is 300 g/mol. The Morgan fingerprint density at radius 3 is 2.71 bits per heavy atom. The van der Waals surface area contributed by atoms with E-state index in [-0.39, 0.29) is 0 Å². The van der Waals surface area contributed by atoms with Crippen molar-refractivity contribution in [2.45, 2.75) is 13.3 Å². The summed E-state index contributed by atoms with van der Waals surface area (Å²) in [7, 11) is 0. The molecule has 0 atom stereocenters. The molecule has 1 saturated heterocycles. The quantitative estimate of drug-likeness (QED) is 0.627. The Labute approximate surface area is 129 Å². The number of hydrogen-bond acceptors (Lipinski definition) is 3. The molecule has 2 aromatic rings. The van der Waals surface area contributed by atoms with Crippen LogP contribution in [0.5, 0.6) is 0 Å². The molecule has 1 aromatic carbocycles. The number of thiophene rings is 1. The fourth-order valence-corrected chi connectivity index (χ4v) is 3.31. The van der Waals surface area contributed by atoms with Gasteiger partial charge in [0.1, 0.15) is 5.84 Å². The molecule has 4 heteroatoms. The van der Waals surface area contributed by atoms with Gasteiger partial charge in [-0.15, -0.1) is 11.3 Å². The van der Waals surface area contributed by atoms with Crippen LogP contribution in [0.2, 0.25) is 0 Å². The normalized spacial score (nSPS) is 16.2. The Kier molecular flexibility index (Phi) is 4.68. The Morgan fingerprint density at radius 2 is 2.00 bits per heavy atom. The summed E-state index contributed by atoms with van der Waals surface area (Å²) < 4.78 is 5.43. The van der Waals surface area contributed by atoms with E-state index in [9.17, 15) is 0 Å². The molecule has 3 rings (SSSR count). The summed E-state index contributed by atoms with van der Waals surface area (Å²) in [4.78, 5) is 8.56. The minimum atomic E-state index is 0.797. The molecule has 1 aliphatic heterocycles. The number of rotatable bonds is 3. The van der Waals surface area contributed by atoms with Crippen molar-refractivity contribution >= 4 is 22.9 Å². The molecule has 2 heterocycles. The Balaban J connectivity index is 1.93. The van der Waals surface area contributed by atoms with Crippen LogP contribution in [0.3, 0.4) is 0 Å². The third-order valence-corrected chi connectivity index (χ3v) is 4.54. The molecule has 0 bridgehead atoms. The first-order chi connectivity index (χ1) is 10.4. The summed E-state index contributed by atoms with van der Waals surface area (Å²) in [6, 6.07) is 12.6. The molecule has 21 heavy (non-hydrogen) atoms. The van der Waals surface area contributed by atoms with Crippen molar-refractivity contribution in [3.05, 3.63) is 41.8 Å². The highest BCUT2D eigenvalue weighted by atomic mass is 32.1. The number of nitrogens with zero attached hydrogens (tertiary/aromatic N) is 2.